The molecule has 5 nitrogen and oxygen atoms in total. The second kappa shape index (κ2) is 13.3. The highest BCUT2D eigenvalue weighted by molar-refractivity contribution is 5.78. The molecule has 0 heterocycles. The van der Waals surface area contributed by atoms with Crippen molar-refractivity contribution in [2.45, 2.75) is 72.3 Å². The van der Waals surface area contributed by atoms with Crippen molar-refractivity contribution in [3.63, 3.8) is 0 Å². The molecule has 0 fully saturated rings. The number of esters is 2. The number of benzene rings is 2. The van der Waals surface area contributed by atoms with Crippen molar-refractivity contribution < 1.29 is 24.2 Å². The van der Waals surface area contributed by atoms with Crippen LogP contribution in [0.25, 0.3) is 0 Å². The number of carbonyl (C=O) groups excluding carboxylic acids is 2. The molecule has 0 aromatic heterocycles. The Morgan fingerprint density at radius 2 is 0.971 bits per heavy atom. The summed E-state index contributed by atoms with van der Waals surface area (Å²) in [4.78, 5) is 24.8. The van der Waals surface area contributed by atoms with Gasteiger partial charge < -0.3 is 14.6 Å². The van der Waals surface area contributed by atoms with Gasteiger partial charge in [0.15, 0.2) is 0 Å². The molecule has 0 amide bonds. The van der Waals surface area contributed by atoms with Gasteiger partial charge >= 0.3 is 11.9 Å². The van der Waals surface area contributed by atoms with Crippen LogP contribution in [0.3, 0.4) is 0 Å². The van der Waals surface area contributed by atoms with E-state index in [4.69, 9.17) is 9.47 Å². The van der Waals surface area contributed by atoms with Gasteiger partial charge in [-0.1, -0.05) is 76.2 Å². The zero-order valence-electron chi connectivity index (χ0n) is 21.4. The molecule has 34 heavy (non-hydrogen) atoms. The van der Waals surface area contributed by atoms with Crippen LogP contribution in [0.4, 0.5) is 0 Å². The molecular weight excluding hydrogens is 428 g/mol. The average molecular weight is 469 g/mol. The topological polar surface area (TPSA) is 72.8 Å². The van der Waals surface area contributed by atoms with Crippen LogP contribution in [0.5, 0.6) is 0 Å². The van der Waals surface area contributed by atoms with Crippen LogP contribution in [0.15, 0.2) is 48.5 Å². The molecule has 0 saturated carbocycles. The van der Waals surface area contributed by atoms with Gasteiger partial charge in [-0.15, -0.1) is 0 Å². The Kier molecular flexibility index (Phi) is 10.8. The molecule has 0 spiro atoms. The first-order chi connectivity index (χ1) is 16.1. The van der Waals surface area contributed by atoms with Gasteiger partial charge in [-0.25, -0.2) is 0 Å². The van der Waals surface area contributed by atoms with Gasteiger partial charge in [-0.2, -0.15) is 0 Å². The lowest BCUT2D eigenvalue weighted by molar-refractivity contribution is -0.153. The van der Waals surface area contributed by atoms with E-state index in [2.05, 4.69) is 27.7 Å². The molecule has 1 N–H and O–H groups in total. The monoisotopic (exact) mass is 468 g/mol. The van der Waals surface area contributed by atoms with Crippen molar-refractivity contribution in [2.75, 3.05) is 13.2 Å². The summed E-state index contributed by atoms with van der Waals surface area (Å²) in [7, 11) is 0. The molecule has 2 unspecified atom stereocenters. The Hall–Kier alpha value is -2.66. The molecule has 2 aromatic carbocycles. The molecule has 0 aliphatic rings. The second-order valence-electron chi connectivity index (χ2n) is 10.0. The van der Waals surface area contributed by atoms with Gasteiger partial charge in [-0.3, -0.25) is 9.59 Å². The van der Waals surface area contributed by atoms with E-state index in [0.29, 0.717) is 11.8 Å². The summed E-state index contributed by atoms with van der Waals surface area (Å²) in [5.41, 5.74) is 4.20. The van der Waals surface area contributed by atoms with E-state index >= 15 is 0 Å². The number of carbonyl (C=O) groups is 2. The molecule has 0 aliphatic heterocycles. The summed E-state index contributed by atoms with van der Waals surface area (Å²) in [5, 5.41) is 10.1. The Morgan fingerprint density at radius 3 is 1.26 bits per heavy atom. The van der Waals surface area contributed by atoms with Gasteiger partial charge in [-0.05, 0) is 60.8 Å². The predicted molar refractivity (Wildman–Crippen MR) is 135 cm³/mol. The van der Waals surface area contributed by atoms with E-state index in [1.54, 1.807) is 13.8 Å². The van der Waals surface area contributed by atoms with E-state index in [1.807, 2.05) is 48.5 Å². The lowest BCUT2D eigenvalue weighted by atomic mass is 9.97. The van der Waals surface area contributed by atoms with Crippen LogP contribution in [0, 0.1) is 11.8 Å². The molecule has 2 atom stereocenters. The first-order valence-electron chi connectivity index (χ1n) is 12.3. The highest BCUT2D eigenvalue weighted by atomic mass is 16.6. The molecule has 0 radical (unpaired) electrons. The van der Waals surface area contributed by atoms with E-state index in [0.717, 1.165) is 24.0 Å². The van der Waals surface area contributed by atoms with Crippen LogP contribution < -0.4 is 0 Å². The van der Waals surface area contributed by atoms with Crippen molar-refractivity contribution in [1.29, 1.82) is 0 Å². The number of rotatable bonds is 12. The average Bonchev–Trinajstić information content (AvgIpc) is 2.80. The van der Waals surface area contributed by atoms with Crippen LogP contribution in [0.1, 0.15) is 75.6 Å². The molecule has 186 valence electrons. The Morgan fingerprint density at radius 1 is 0.647 bits per heavy atom. The minimum atomic E-state index is -1.07. The standard InChI is InChI=1S/C29H40O5/c1-19(2)15-23-7-11-25(12-8-23)21(5)28(31)33-17-27(30)18-34-29(32)22(6)26-13-9-24(10-14-26)16-20(3)4/h7-14,19-22,27,30H,15-18H2,1-6H3. The summed E-state index contributed by atoms with van der Waals surface area (Å²) in [6, 6.07) is 15.9. The van der Waals surface area contributed by atoms with E-state index < -0.39 is 29.9 Å². The predicted octanol–water partition coefficient (Wildman–Crippen LogP) is 5.44. The highest BCUT2D eigenvalue weighted by Gasteiger charge is 2.21. The Labute approximate surface area is 204 Å². The van der Waals surface area contributed by atoms with Gasteiger partial charge in [0.2, 0.25) is 0 Å². The number of hydrogen-bond donors (Lipinski definition) is 1. The molecular formula is C29H40O5. The number of hydrogen-bond acceptors (Lipinski definition) is 5. The van der Waals surface area contributed by atoms with Crippen LogP contribution in [-0.4, -0.2) is 36.4 Å². The third-order valence-corrected chi connectivity index (χ3v) is 5.79. The van der Waals surface area contributed by atoms with Crippen molar-refractivity contribution >= 4 is 11.9 Å². The second-order valence-corrected chi connectivity index (χ2v) is 10.0. The number of aliphatic hydroxyl groups is 1. The first-order valence-corrected chi connectivity index (χ1v) is 12.3. The van der Waals surface area contributed by atoms with Gasteiger partial charge in [0.05, 0.1) is 11.8 Å². The summed E-state index contributed by atoms with van der Waals surface area (Å²) in [6.45, 7) is 11.8. The minimum absolute atomic E-state index is 0.222. The highest BCUT2D eigenvalue weighted by Crippen LogP contribution is 2.20. The SMILES string of the molecule is CC(C)Cc1ccc(C(C)C(=O)OCC(O)COC(=O)C(C)c2ccc(CC(C)C)cc2)cc1. The van der Waals surface area contributed by atoms with Crippen molar-refractivity contribution in [3.8, 4) is 0 Å². The Bertz CT molecular complexity index is 824. The van der Waals surface area contributed by atoms with Crippen molar-refractivity contribution in [2.24, 2.45) is 11.8 Å². The van der Waals surface area contributed by atoms with Crippen molar-refractivity contribution in [1.82, 2.24) is 0 Å². The summed E-state index contributed by atoms with van der Waals surface area (Å²) >= 11 is 0. The number of ether oxygens (including phenoxy) is 2. The summed E-state index contributed by atoms with van der Waals surface area (Å²) < 4.78 is 10.5. The summed E-state index contributed by atoms with van der Waals surface area (Å²) in [5.74, 6) is -0.582. The molecule has 2 rings (SSSR count). The maximum atomic E-state index is 12.4. The summed E-state index contributed by atoms with van der Waals surface area (Å²) in [6.07, 6.45) is 0.909. The van der Waals surface area contributed by atoms with E-state index in [-0.39, 0.29) is 13.2 Å². The number of aliphatic hydroxyl groups excluding tert-OH is 1. The quantitative estimate of drug-likeness (QED) is 0.420. The van der Waals surface area contributed by atoms with Gasteiger partial charge in [0, 0.05) is 0 Å². The van der Waals surface area contributed by atoms with Crippen LogP contribution in [-0.2, 0) is 31.9 Å². The molecule has 0 saturated heterocycles. The fraction of sp³-hybridized carbons (Fsp3) is 0.517. The maximum absolute atomic E-state index is 12.4. The molecule has 5 heteroatoms. The normalized spacial score (nSPS) is 14.0. The van der Waals surface area contributed by atoms with Crippen LogP contribution in [0.2, 0.25) is 0 Å². The fourth-order valence-corrected chi connectivity index (χ4v) is 3.75. The van der Waals surface area contributed by atoms with E-state index in [1.165, 1.54) is 11.1 Å². The lowest BCUT2D eigenvalue weighted by Gasteiger charge is -2.17. The molecule has 2 aromatic rings. The first kappa shape index (κ1) is 27.6. The van der Waals surface area contributed by atoms with Gasteiger partial charge in [0.25, 0.3) is 0 Å². The molecule has 0 aliphatic carbocycles. The lowest BCUT2D eigenvalue weighted by Crippen LogP contribution is -2.27. The third-order valence-electron chi connectivity index (χ3n) is 5.79. The maximum Gasteiger partial charge on any atom is 0.313 e. The smallest absolute Gasteiger partial charge is 0.313 e. The van der Waals surface area contributed by atoms with Crippen LogP contribution >= 0.6 is 0 Å². The molecule has 0 bridgehead atoms. The minimum Gasteiger partial charge on any atom is -0.462 e. The van der Waals surface area contributed by atoms with Crippen molar-refractivity contribution in [3.05, 3.63) is 70.8 Å². The Balaban J connectivity index is 1.77. The zero-order chi connectivity index (χ0) is 25.3. The van der Waals surface area contributed by atoms with E-state index in [9.17, 15) is 14.7 Å². The zero-order valence-corrected chi connectivity index (χ0v) is 21.4. The van der Waals surface area contributed by atoms with Gasteiger partial charge in [0.1, 0.15) is 19.3 Å². The largest absolute Gasteiger partial charge is 0.462 e. The fourth-order valence-electron chi connectivity index (χ4n) is 3.75. The third kappa shape index (κ3) is 8.94.